The molecule has 0 radical (unpaired) electrons. The molecule has 0 saturated heterocycles. The van der Waals surface area contributed by atoms with Crippen LogP contribution in [-0.2, 0) is 19.2 Å². The summed E-state index contributed by atoms with van der Waals surface area (Å²) in [6.45, 7) is 9.38. The van der Waals surface area contributed by atoms with Crippen LogP contribution in [0.2, 0.25) is 0 Å². The molecule has 27 heavy (non-hydrogen) atoms. The van der Waals surface area contributed by atoms with Crippen molar-refractivity contribution in [1.29, 1.82) is 0 Å². The van der Waals surface area contributed by atoms with E-state index in [9.17, 15) is 19.2 Å². The summed E-state index contributed by atoms with van der Waals surface area (Å²) in [5.41, 5.74) is 0. The summed E-state index contributed by atoms with van der Waals surface area (Å²) in [6, 6.07) is 0. The fourth-order valence-corrected chi connectivity index (χ4v) is 2.25. The lowest BCUT2D eigenvalue weighted by atomic mass is 10.0. The van der Waals surface area contributed by atoms with E-state index in [1.807, 2.05) is 27.7 Å². The first-order valence-corrected chi connectivity index (χ1v) is 10.0. The van der Waals surface area contributed by atoms with Crippen LogP contribution in [0.25, 0.3) is 0 Å². The van der Waals surface area contributed by atoms with Gasteiger partial charge in [-0.2, -0.15) is 0 Å². The van der Waals surface area contributed by atoms with Gasteiger partial charge in [-0.3, -0.25) is 19.2 Å². The van der Waals surface area contributed by atoms with Gasteiger partial charge in [-0.1, -0.05) is 27.7 Å². The molecule has 3 N–H and O–H groups in total. The molecule has 7 heteroatoms. The number of ketones is 1. The topological polar surface area (TPSA) is 104 Å². The van der Waals surface area contributed by atoms with Gasteiger partial charge in [0.2, 0.25) is 17.7 Å². The van der Waals surface area contributed by atoms with E-state index in [4.69, 9.17) is 0 Å². The minimum Gasteiger partial charge on any atom is -0.356 e. The molecule has 0 rings (SSSR count). The summed E-state index contributed by atoms with van der Waals surface area (Å²) < 4.78 is 0. The molecule has 0 spiro atoms. The molecule has 0 fully saturated rings. The molecule has 3 amide bonds. The predicted octanol–water partition coefficient (Wildman–Crippen LogP) is 1.95. The smallest absolute Gasteiger partial charge is 0.220 e. The third kappa shape index (κ3) is 16.0. The monoisotopic (exact) mass is 383 g/mol. The van der Waals surface area contributed by atoms with E-state index >= 15 is 0 Å². The molecular weight excluding hydrogens is 346 g/mol. The first kappa shape index (κ1) is 25.1. The Hall–Kier alpha value is -1.92. The van der Waals surface area contributed by atoms with Crippen LogP contribution in [-0.4, -0.2) is 43.1 Å². The Morgan fingerprint density at radius 2 is 1.07 bits per heavy atom. The molecule has 0 bridgehead atoms. The Morgan fingerprint density at radius 1 is 0.630 bits per heavy atom. The Morgan fingerprint density at radius 3 is 1.52 bits per heavy atom. The standard InChI is InChI=1S/C20H37N3O4/c1-15(2)14-23-20(27)11-7-13-22-19(26)10-6-12-21-18(25)9-5-8-17(24)16(3)4/h15-16H,5-14H2,1-4H3,(H,21,25)(H,22,26)(H,23,27). The van der Waals surface area contributed by atoms with Crippen LogP contribution < -0.4 is 16.0 Å². The van der Waals surface area contributed by atoms with Gasteiger partial charge in [0, 0.05) is 51.2 Å². The summed E-state index contributed by atoms with van der Waals surface area (Å²) in [5.74, 6) is 0.471. The van der Waals surface area contributed by atoms with Gasteiger partial charge in [0.25, 0.3) is 0 Å². The second kappa shape index (κ2) is 15.2. The van der Waals surface area contributed by atoms with Crippen LogP contribution in [0.1, 0.15) is 72.6 Å². The van der Waals surface area contributed by atoms with E-state index in [2.05, 4.69) is 16.0 Å². The van der Waals surface area contributed by atoms with E-state index in [1.165, 1.54) is 0 Å². The maximum atomic E-state index is 11.7. The van der Waals surface area contributed by atoms with Crippen LogP contribution in [0, 0.1) is 11.8 Å². The van der Waals surface area contributed by atoms with Gasteiger partial charge >= 0.3 is 0 Å². The Bertz CT molecular complexity index is 476. The molecule has 0 aromatic carbocycles. The van der Waals surface area contributed by atoms with E-state index < -0.39 is 0 Å². The molecule has 0 aliphatic heterocycles. The number of Topliss-reactive ketones (excluding diaryl/α,β-unsaturated/α-hetero) is 1. The number of hydrogen-bond donors (Lipinski definition) is 3. The maximum Gasteiger partial charge on any atom is 0.220 e. The highest BCUT2D eigenvalue weighted by Crippen LogP contribution is 2.04. The number of carbonyl (C=O) groups excluding carboxylic acids is 4. The number of carbonyl (C=O) groups is 4. The highest BCUT2D eigenvalue weighted by molar-refractivity contribution is 5.81. The van der Waals surface area contributed by atoms with Crippen LogP contribution in [0.4, 0.5) is 0 Å². The molecular formula is C20H37N3O4. The van der Waals surface area contributed by atoms with Gasteiger partial charge in [-0.15, -0.1) is 0 Å². The van der Waals surface area contributed by atoms with E-state index in [1.54, 1.807) is 0 Å². The molecule has 0 aromatic rings. The van der Waals surface area contributed by atoms with Crippen molar-refractivity contribution in [2.75, 3.05) is 19.6 Å². The zero-order chi connectivity index (χ0) is 20.7. The van der Waals surface area contributed by atoms with Crippen LogP contribution >= 0.6 is 0 Å². The van der Waals surface area contributed by atoms with Gasteiger partial charge in [0.1, 0.15) is 5.78 Å². The molecule has 0 saturated carbocycles. The number of rotatable bonds is 15. The fraction of sp³-hybridized carbons (Fsp3) is 0.800. The number of hydrogen-bond acceptors (Lipinski definition) is 4. The van der Waals surface area contributed by atoms with Crippen LogP contribution in [0.5, 0.6) is 0 Å². The summed E-state index contributed by atoms with van der Waals surface area (Å²) in [7, 11) is 0. The first-order valence-electron chi connectivity index (χ1n) is 10.0. The summed E-state index contributed by atoms with van der Waals surface area (Å²) in [6.07, 6.45) is 3.26. The summed E-state index contributed by atoms with van der Waals surface area (Å²) in [5, 5.41) is 8.38. The lowest BCUT2D eigenvalue weighted by molar-refractivity contribution is -0.124. The van der Waals surface area contributed by atoms with Crippen molar-refractivity contribution in [3.63, 3.8) is 0 Å². The molecule has 7 nitrogen and oxygen atoms in total. The Balaban J connectivity index is 3.56. The normalized spacial score (nSPS) is 10.7. The SMILES string of the molecule is CC(C)CNC(=O)CCCNC(=O)CCCNC(=O)CCCC(=O)C(C)C. The molecule has 0 aliphatic carbocycles. The quantitative estimate of drug-likeness (QED) is 0.376. The first-order chi connectivity index (χ1) is 12.7. The zero-order valence-electron chi connectivity index (χ0n) is 17.4. The number of amides is 3. The van der Waals surface area contributed by atoms with Gasteiger partial charge in [-0.05, 0) is 25.2 Å². The van der Waals surface area contributed by atoms with Crippen molar-refractivity contribution >= 4 is 23.5 Å². The van der Waals surface area contributed by atoms with Gasteiger partial charge in [-0.25, -0.2) is 0 Å². The predicted molar refractivity (Wildman–Crippen MR) is 106 cm³/mol. The molecule has 156 valence electrons. The minimum atomic E-state index is -0.0839. The van der Waals surface area contributed by atoms with Gasteiger partial charge in [0.15, 0.2) is 0 Å². The van der Waals surface area contributed by atoms with Crippen molar-refractivity contribution in [3.8, 4) is 0 Å². The number of nitrogens with one attached hydrogen (secondary N) is 3. The zero-order valence-corrected chi connectivity index (χ0v) is 17.4. The summed E-state index contributed by atoms with van der Waals surface area (Å²) in [4.78, 5) is 46.3. The van der Waals surface area contributed by atoms with E-state index in [-0.39, 0.29) is 29.4 Å². The highest BCUT2D eigenvalue weighted by Gasteiger charge is 2.09. The maximum absolute atomic E-state index is 11.7. The van der Waals surface area contributed by atoms with Crippen molar-refractivity contribution < 1.29 is 19.2 Å². The fourth-order valence-electron chi connectivity index (χ4n) is 2.25. The average molecular weight is 384 g/mol. The largest absolute Gasteiger partial charge is 0.356 e. The van der Waals surface area contributed by atoms with Crippen LogP contribution in [0.15, 0.2) is 0 Å². The average Bonchev–Trinajstić information content (AvgIpc) is 2.60. The summed E-state index contributed by atoms with van der Waals surface area (Å²) >= 11 is 0. The third-order valence-corrected chi connectivity index (χ3v) is 3.98. The lowest BCUT2D eigenvalue weighted by Gasteiger charge is -2.08. The molecule has 0 aromatic heterocycles. The van der Waals surface area contributed by atoms with Crippen LogP contribution in [0.3, 0.4) is 0 Å². The van der Waals surface area contributed by atoms with Gasteiger partial charge in [0.05, 0.1) is 0 Å². The van der Waals surface area contributed by atoms with E-state index in [0.29, 0.717) is 70.5 Å². The molecule has 0 unspecified atom stereocenters. The molecule has 0 atom stereocenters. The van der Waals surface area contributed by atoms with Crippen molar-refractivity contribution in [2.45, 2.75) is 72.6 Å². The van der Waals surface area contributed by atoms with Crippen molar-refractivity contribution in [1.82, 2.24) is 16.0 Å². The lowest BCUT2D eigenvalue weighted by Crippen LogP contribution is -2.30. The highest BCUT2D eigenvalue weighted by atomic mass is 16.2. The molecule has 0 heterocycles. The molecule has 0 aliphatic rings. The van der Waals surface area contributed by atoms with E-state index in [0.717, 1.165) is 0 Å². The van der Waals surface area contributed by atoms with Gasteiger partial charge < -0.3 is 16.0 Å². The Labute approximate surface area is 163 Å². The van der Waals surface area contributed by atoms with Crippen molar-refractivity contribution in [2.24, 2.45) is 11.8 Å². The second-order valence-electron chi connectivity index (χ2n) is 7.58. The second-order valence-corrected chi connectivity index (χ2v) is 7.58. The minimum absolute atomic E-state index is 0.00996. The Kier molecular flexibility index (Phi) is 14.1. The third-order valence-electron chi connectivity index (χ3n) is 3.98. The van der Waals surface area contributed by atoms with Crippen molar-refractivity contribution in [3.05, 3.63) is 0 Å².